The molecule has 1 saturated heterocycles. The highest BCUT2D eigenvalue weighted by atomic mass is 79.9. The van der Waals surface area contributed by atoms with Gasteiger partial charge in [-0.25, -0.2) is 0 Å². The Labute approximate surface area is 190 Å². The van der Waals surface area contributed by atoms with E-state index in [0.717, 1.165) is 15.7 Å². The zero-order valence-electron chi connectivity index (χ0n) is 17.3. The second-order valence-electron chi connectivity index (χ2n) is 7.72. The SMILES string of the molecule is CCOc1cccc2c1OC1(C)C(C(=O)N(C)C)C2NC(=S)N1c1cccc(Br)c1. The van der Waals surface area contributed by atoms with Crippen molar-refractivity contribution >= 4 is 44.9 Å². The topological polar surface area (TPSA) is 54.0 Å². The van der Waals surface area contributed by atoms with Crippen LogP contribution in [0.2, 0.25) is 0 Å². The maximum absolute atomic E-state index is 13.4. The predicted octanol–water partition coefficient (Wildman–Crippen LogP) is 4.10. The Morgan fingerprint density at radius 2 is 2.07 bits per heavy atom. The average molecular weight is 490 g/mol. The number of nitrogens with one attached hydrogen (secondary N) is 1. The van der Waals surface area contributed by atoms with Gasteiger partial charge in [-0.15, -0.1) is 0 Å². The molecule has 0 aromatic heterocycles. The van der Waals surface area contributed by atoms with E-state index in [-0.39, 0.29) is 11.9 Å². The highest BCUT2D eigenvalue weighted by Gasteiger charge is 2.60. The Balaban J connectivity index is 1.93. The van der Waals surface area contributed by atoms with Gasteiger partial charge in [0.1, 0.15) is 5.92 Å². The van der Waals surface area contributed by atoms with Crippen molar-refractivity contribution in [1.29, 1.82) is 0 Å². The number of carbonyl (C=O) groups excluding carboxylic acids is 1. The van der Waals surface area contributed by atoms with Gasteiger partial charge in [0.05, 0.1) is 12.6 Å². The Bertz CT molecular complexity index is 1010. The summed E-state index contributed by atoms with van der Waals surface area (Å²) in [7, 11) is 3.52. The van der Waals surface area contributed by atoms with E-state index >= 15 is 0 Å². The summed E-state index contributed by atoms with van der Waals surface area (Å²) in [5, 5.41) is 3.92. The molecule has 1 amide bonds. The lowest BCUT2D eigenvalue weighted by atomic mass is 9.78. The first-order valence-corrected chi connectivity index (χ1v) is 11.0. The van der Waals surface area contributed by atoms with Gasteiger partial charge in [0.25, 0.3) is 0 Å². The third kappa shape index (κ3) is 3.22. The molecule has 0 aliphatic carbocycles. The van der Waals surface area contributed by atoms with Crippen LogP contribution in [-0.4, -0.2) is 42.3 Å². The summed E-state index contributed by atoms with van der Waals surface area (Å²) in [6.07, 6.45) is 0. The van der Waals surface area contributed by atoms with Gasteiger partial charge < -0.3 is 19.7 Å². The fourth-order valence-corrected chi connectivity index (χ4v) is 5.10. The average Bonchev–Trinajstić information content (AvgIpc) is 2.68. The number of carbonyl (C=O) groups is 1. The van der Waals surface area contributed by atoms with Crippen molar-refractivity contribution in [2.45, 2.75) is 25.6 Å². The van der Waals surface area contributed by atoms with E-state index in [1.165, 1.54) is 0 Å². The number of thiocarbonyl (C=S) groups is 1. The van der Waals surface area contributed by atoms with Crippen LogP contribution in [0.1, 0.15) is 25.5 Å². The summed E-state index contributed by atoms with van der Waals surface area (Å²) in [6, 6.07) is 13.2. The molecule has 30 heavy (non-hydrogen) atoms. The number of amides is 1. The predicted molar refractivity (Wildman–Crippen MR) is 124 cm³/mol. The van der Waals surface area contributed by atoms with Gasteiger partial charge in [0.2, 0.25) is 5.91 Å². The zero-order valence-corrected chi connectivity index (χ0v) is 19.7. The number of anilines is 1. The first-order valence-electron chi connectivity index (χ1n) is 9.80. The van der Waals surface area contributed by atoms with Gasteiger partial charge in [-0.1, -0.05) is 34.1 Å². The largest absolute Gasteiger partial charge is 0.490 e. The maximum Gasteiger partial charge on any atom is 0.233 e. The molecule has 2 aromatic rings. The molecule has 2 bridgehead atoms. The molecule has 158 valence electrons. The minimum atomic E-state index is -1.05. The maximum atomic E-state index is 13.4. The van der Waals surface area contributed by atoms with Gasteiger partial charge in [-0.3, -0.25) is 9.69 Å². The molecule has 2 aliphatic rings. The van der Waals surface area contributed by atoms with E-state index in [1.807, 2.05) is 61.2 Å². The Morgan fingerprint density at radius 3 is 2.73 bits per heavy atom. The lowest BCUT2D eigenvalue weighted by molar-refractivity contribution is -0.144. The molecule has 1 fully saturated rings. The van der Waals surface area contributed by atoms with E-state index in [1.54, 1.807) is 19.0 Å². The van der Waals surface area contributed by atoms with E-state index < -0.39 is 11.6 Å². The highest BCUT2D eigenvalue weighted by Crippen LogP contribution is 2.52. The molecule has 8 heteroatoms. The number of benzene rings is 2. The molecule has 1 N–H and O–H groups in total. The van der Waals surface area contributed by atoms with Crippen molar-refractivity contribution in [3.05, 3.63) is 52.5 Å². The van der Waals surface area contributed by atoms with Crippen LogP contribution in [0.4, 0.5) is 5.69 Å². The van der Waals surface area contributed by atoms with Crippen LogP contribution in [0.15, 0.2) is 46.9 Å². The highest BCUT2D eigenvalue weighted by molar-refractivity contribution is 9.10. The van der Waals surface area contributed by atoms with Crippen molar-refractivity contribution in [1.82, 2.24) is 10.2 Å². The molecule has 4 rings (SSSR count). The second kappa shape index (κ2) is 7.74. The number of hydrogen-bond donors (Lipinski definition) is 1. The summed E-state index contributed by atoms with van der Waals surface area (Å²) in [6.45, 7) is 4.37. The molecule has 0 radical (unpaired) electrons. The van der Waals surface area contributed by atoms with Crippen LogP contribution in [0, 0.1) is 5.92 Å². The summed E-state index contributed by atoms with van der Waals surface area (Å²) in [4.78, 5) is 16.9. The van der Waals surface area contributed by atoms with E-state index in [0.29, 0.717) is 23.2 Å². The number of halogens is 1. The first-order chi connectivity index (χ1) is 14.3. The molecular weight excluding hydrogens is 466 g/mol. The minimum Gasteiger partial charge on any atom is -0.490 e. The lowest BCUT2D eigenvalue weighted by Crippen LogP contribution is -2.72. The molecule has 3 unspecified atom stereocenters. The minimum absolute atomic E-state index is 0.0371. The van der Waals surface area contributed by atoms with Gasteiger partial charge >= 0.3 is 0 Å². The van der Waals surface area contributed by atoms with Crippen molar-refractivity contribution < 1.29 is 14.3 Å². The zero-order chi connectivity index (χ0) is 21.6. The molecule has 2 aromatic carbocycles. The lowest BCUT2D eigenvalue weighted by Gasteiger charge is -2.56. The monoisotopic (exact) mass is 489 g/mol. The summed E-state index contributed by atoms with van der Waals surface area (Å²) in [5.41, 5.74) is 0.654. The summed E-state index contributed by atoms with van der Waals surface area (Å²) in [5.74, 6) is 0.739. The van der Waals surface area contributed by atoms with Crippen molar-refractivity contribution in [3.63, 3.8) is 0 Å². The normalized spacial score (nSPS) is 24.4. The van der Waals surface area contributed by atoms with Crippen LogP contribution >= 0.6 is 28.1 Å². The van der Waals surface area contributed by atoms with Gasteiger partial charge in [-0.2, -0.15) is 0 Å². The van der Waals surface area contributed by atoms with Crippen molar-refractivity contribution in [2.75, 3.05) is 25.6 Å². The molecule has 0 spiro atoms. The van der Waals surface area contributed by atoms with Crippen LogP contribution in [0.3, 0.4) is 0 Å². The van der Waals surface area contributed by atoms with Gasteiger partial charge in [0.15, 0.2) is 22.3 Å². The standard InChI is InChI=1S/C22H24BrN3O3S/c1-5-28-16-11-7-10-15-18-17(20(27)25(3)4)22(2,29-19(15)16)26(21(30)24-18)14-9-6-8-13(23)12-14/h6-12,17-18H,5H2,1-4H3,(H,24,30). The van der Waals surface area contributed by atoms with Crippen LogP contribution in [0.5, 0.6) is 11.5 Å². The molecule has 3 atom stereocenters. The number of ether oxygens (including phenoxy) is 2. The van der Waals surface area contributed by atoms with Crippen LogP contribution < -0.4 is 19.7 Å². The first kappa shape index (κ1) is 20.9. The number of rotatable bonds is 4. The van der Waals surface area contributed by atoms with Crippen LogP contribution in [-0.2, 0) is 4.79 Å². The van der Waals surface area contributed by atoms with E-state index in [2.05, 4.69) is 21.2 Å². The van der Waals surface area contributed by atoms with Crippen molar-refractivity contribution in [3.8, 4) is 11.5 Å². The third-order valence-electron chi connectivity index (χ3n) is 5.56. The fraction of sp³-hybridized carbons (Fsp3) is 0.364. The molecule has 0 saturated carbocycles. The number of hydrogen-bond acceptors (Lipinski definition) is 4. The van der Waals surface area contributed by atoms with Gasteiger partial charge in [0, 0.05) is 29.8 Å². The van der Waals surface area contributed by atoms with E-state index in [9.17, 15) is 4.79 Å². The molecule has 2 heterocycles. The quantitative estimate of drug-likeness (QED) is 0.652. The smallest absolute Gasteiger partial charge is 0.233 e. The molecule has 6 nitrogen and oxygen atoms in total. The third-order valence-corrected chi connectivity index (χ3v) is 6.36. The number of nitrogens with zero attached hydrogens (tertiary/aromatic N) is 2. The molecule has 2 aliphatic heterocycles. The summed E-state index contributed by atoms with van der Waals surface area (Å²) < 4.78 is 13.4. The van der Waals surface area contributed by atoms with E-state index in [4.69, 9.17) is 21.7 Å². The summed E-state index contributed by atoms with van der Waals surface area (Å²) >= 11 is 9.29. The van der Waals surface area contributed by atoms with Crippen molar-refractivity contribution in [2.24, 2.45) is 5.92 Å². The Morgan fingerprint density at radius 1 is 1.33 bits per heavy atom. The number of para-hydroxylation sites is 1. The molecular formula is C22H24BrN3O3S. The Kier molecular flexibility index (Phi) is 5.40. The Hall–Kier alpha value is -2.32. The fourth-order valence-electron chi connectivity index (χ4n) is 4.30. The number of fused-ring (bicyclic) bond motifs is 4. The van der Waals surface area contributed by atoms with Crippen LogP contribution in [0.25, 0.3) is 0 Å². The second-order valence-corrected chi connectivity index (χ2v) is 9.02. The van der Waals surface area contributed by atoms with Gasteiger partial charge in [-0.05, 0) is 50.3 Å².